The minimum atomic E-state index is 0.0741. The van der Waals surface area contributed by atoms with E-state index in [0.717, 1.165) is 0 Å². The predicted molar refractivity (Wildman–Crippen MR) is 52.4 cm³/mol. The molecule has 0 bridgehead atoms. The van der Waals surface area contributed by atoms with Gasteiger partial charge in [0.15, 0.2) is 0 Å². The van der Waals surface area contributed by atoms with E-state index in [9.17, 15) is 5.11 Å². The van der Waals surface area contributed by atoms with Gasteiger partial charge in [-0.15, -0.1) is 0 Å². The molecule has 0 unspecified atom stereocenters. The predicted octanol–water partition coefficient (Wildman–Crippen LogP) is 2.87. The fourth-order valence-corrected chi connectivity index (χ4v) is 4.47. The van der Waals surface area contributed by atoms with Crippen LogP contribution in [0.15, 0.2) is 0 Å². The minimum Gasteiger partial charge on any atom is -0.392 e. The molecule has 74 valence electrons. The van der Waals surface area contributed by atoms with Gasteiger partial charge in [0, 0.05) is 0 Å². The first-order chi connectivity index (χ1) is 6.28. The van der Waals surface area contributed by atoms with Crippen LogP contribution in [-0.2, 0) is 0 Å². The first-order valence-electron chi connectivity index (χ1n) is 5.96. The summed E-state index contributed by atoms with van der Waals surface area (Å²) in [6.07, 6.45) is 12.2. The molecule has 3 aliphatic rings. The molecule has 1 N–H and O–H groups in total. The Bertz CT molecular complexity index is 187. The van der Waals surface area contributed by atoms with Gasteiger partial charge in [0.1, 0.15) is 0 Å². The summed E-state index contributed by atoms with van der Waals surface area (Å²) in [6, 6.07) is 0. The number of aliphatic hydroxyl groups is 1. The fourth-order valence-electron chi connectivity index (χ4n) is 4.47. The molecule has 0 amide bonds. The van der Waals surface area contributed by atoms with Gasteiger partial charge in [0.05, 0.1) is 6.10 Å². The topological polar surface area (TPSA) is 20.2 Å². The fraction of sp³-hybridized carbons (Fsp3) is 1.00. The highest BCUT2D eigenvalue weighted by atomic mass is 16.3. The normalized spacial score (nSPS) is 35.8. The van der Waals surface area contributed by atoms with E-state index in [1.807, 2.05) is 0 Å². The third kappa shape index (κ3) is 0.918. The van der Waals surface area contributed by atoms with Gasteiger partial charge in [-0.2, -0.15) is 0 Å². The Morgan fingerprint density at radius 1 is 0.769 bits per heavy atom. The lowest BCUT2D eigenvalue weighted by Crippen LogP contribution is -2.58. The molecule has 3 aliphatic carbocycles. The van der Waals surface area contributed by atoms with Crippen LogP contribution in [0.3, 0.4) is 0 Å². The average molecular weight is 180 g/mol. The van der Waals surface area contributed by atoms with Gasteiger partial charge in [-0.25, -0.2) is 0 Å². The zero-order chi connectivity index (χ0) is 8.94. The largest absolute Gasteiger partial charge is 0.392 e. The zero-order valence-electron chi connectivity index (χ0n) is 8.39. The highest BCUT2D eigenvalue weighted by Gasteiger charge is 2.63. The van der Waals surface area contributed by atoms with Crippen molar-refractivity contribution in [3.63, 3.8) is 0 Å². The van der Waals surface area contributed by atoms with Crippen molar-refractivity contribution in [2.75, 3.05) is 0 Å². The maximum atomic E-state index is 10.3. The molecule has 0 heterocycles. The van der Waals surface area contributed by atoms with Crippen molar-refractivity contribution in [2.24, 2.45) is 10.8 Å². The van der Waals surface area contributed by atoms with Gasteiger partial charge in [0.25, 0.3) is 0 Å². The molecule has 0 aliphatic heterocycles. The Hall–Kier alpha value is -0.0400. The molecule has 0 aromatic rings. The summed E-state index contributed by atoms with van der Waals surface area (Å²) in [6.45, 7) is 0. The summed E-state index contributed by atoms with van der Waals surface area (Å²) in [4.78, 5) is 0. The van der Waals surface area contributed by atoms with Gasteiger partial charge in [0.2, 0.25) is 0 Å². The van der Waals surface area contributed by atoms with Crippen molar-refractivity contribution < 1.29 is 5.11 Å². The molecule has 0 aromatic carbocycles. The van der Waals surface area contributed by atoms with Crippen LogP contribution in [0.4, 0.5) is 0 Å². The Kier molecular flexibility index (Phi) is 1.59. The molecule has 0 atom stereocenters. The van der Waals surface area contributed by atoms with E-state index < -0.39 is 0 Å². The smallest absolute Gasteiger partial charge is 0.0652 e. The number of rotatable bonds is 0. The maximum absolute atomic E-state index is 10.3. The molecule has 1 nitrogen and oxygen atoms in total. The van der Waals surface area contributed by atoms with Gasteiger partial charge in [-0.3, -0.25) is 0 Å². The SMILES string of the molecule is OC1C2(CCCC2)CC12CCCC2. The van der Waals surface area contributed by atoms with Crippen LogP contribution < -0.4 is 0 Å². The van der Waals surface area contributed by atoms with Gasteiger partial charge in [-0.1, -0.05) is 25.7 Å². The second kappa shape index (κ2) is 2.50. The first-order valence-corrected chi connectivity index (χ1v) is 5.96. The Balaban J connectivity index is 1.78. The van der Waals surface area contributed by atoms with Gasteiger partial charge < -0.3 is 5.11 Å². The monoisotopic (exact) mass is 180 g/mol. The average Bonchev–Trinajstić information content (AvgIpc) is 2.76. The van der Waals surface area contributed by atoms with Gasteiger partial charge >= 0.3 is 0 Å². The third-order valence-corrected chi connectivity index (χ3v) is 5.06. The molecule has 3 fully saturated rings. The van der Waals surface area contributed by atoms with E-state index in [2.05, 4.69) is 0 Å². The van der Waals surface area contributed by atoms with E-state index in [1.54, 1.807) is 0 Å². The van der Waals surface area contributed by atoms with Gasteiger partial charge in [-0.05, 0) is 42.9 Å². The molecule has 0 radical (unpaired) electrons. The van der Waals surface area contributed by atoms with E-state index in [0.29, 0.717) is 10.8 Å². The molecular weight excluding hydrogens is 160 g/mol. The van der Waals surface area contributed by atoms with Crippen LogP contribution in [0, 0.1) is 10.8 Å². The summed E-state index contributed by atoms with van der Waals surface area (Å²) in [5.74, 6) is 0. The zero-order valence-corrected chi connectivity index (χ0v) is 8.39. The minimum absolute atomic E-state index is 0.0741. The van der Waals surface area contributed by atoms with Crippen molar-refractivity contribution in [3.8, 4) is 0 Å². The Morgan fingerprint density at radius 3 is 1.46 bits per heavy atom. The van der Waals surface area contributed by atoms with E-state index in [-0.39, 0.29) is 6.10 Å². The van der Waals surface area contributed by atoms with Crippen molar-refractivity contribution in [3.05, 3.63) is 0 Å². The van der Waals surface area contributed by atoms with Crippen LogP contribution in [-0.4, -0.2) is 11.2 Å². The van der Waals surface area contributed by atoms with E-state index in [4.69, 9.17) is 0 Å². The van der Waals surface area contributed by atoms with Crippen LogP contribution in [0.25, 0.3) is 0 Å². The molecule has 0 saturated heterocycles. The van der Waals surface area contributed by atoms with Crippen molar-refractivity contribution in [1.29, 1.82) is 0 Å². The summed E-state index contributed by atoms with van der Waals surface area (Å²) in [7, 11) is 0. The van der Waals surface area contributed by atoms with Crippen molar-refractivity contribution >= 4 is 0 Å². The molecule has 0 aromatic heterocycles. The van der Waals surface area contributed by atoms with E-state index in [1.165, 1.54) is 57.8 Å². The first kappa shape index (κ1) is 8.28. The molecular formula is C12H20O. The lowest BCUT2D eigenvalue weighted by Gasteiger charge is -2.58. The molecule has 3 saturated carbocycles. The molecule has 2 spiro atoms. The Morgan fingerprint density at radius 2 is 1.15 bits per heavy atom. The Labute approximate surface area is 80.5 Å². The van der Waals surface area contributed by atoms with Crippen molar-refractivity contribution in [1.82, 2.24) is 0 Å². The lowest BCUT2D eigenvalue weighted by molar-refractivity contribution is -0.181. The highest BCUT2D eigenvalue weighted by Crippen LogP contribution is 2.67. The molecule has 3 rings (SSSR count). The maximum Gasteiger partial charge on any atom is 0.0652 e. The number of hydrogen-bond acceptors (Lipinski definition) is 1. The second-order valence-electron chi connectivity index (χ2n) is 5.72. The van der Waals surface area contributed by atoms with E-state index >= 15 is 0 Å². The summed E-state index contributed by atoms with van der Waals surface area (Å²) in [5, 5.41) is 10.3. The van der Waals surface area contributed by atoms with Crippen LogP contribution in [0.1, 0.15) is 57.8 Å². The lowest BCUT2D eigenvalue weighted by atomic mass is 9.49. The summed E-state index contributed by atoms with van der Waals surface area (Å²) >= 11 is 0. The summed E-state index contributed by atoms with van der Waals surface area (Å²) in [5.41, 5.74) is 0.814. The molecule has 13 heavy (non-hydrogen) atoms. The standard InChI is InChI=1S/C12H20O/c13-10-11(5-1-2-6-11)9-12(10)7-3-4-8-12/h10,13H,1-9H2. The number of hydrogen-bond donors (Lipinski definition) is 1. The number of aliphatic hydroxyl groups excluding tert-OH is 1. The third-order valence-electron chi connectivity index (χ3n) is 5.06. The highest BCUT2D eigenvalue weighted by molar-refractivity contribution is 5.13. The quantitative estimate of drug-likeness (QED) is 0.607. The molecule has 1 heteroatoms. The van der Waals surface area contributed by atoms with Crippen LogP contribution in [0.5, 0.6) is 0 Å². The van der Waals surface area contributed by atoms with Crippen molar-refractivity contribution in [2.45, 2.75) is 63.9 Å². The second-order valence-corrected chi connectivity index (χ2v) is 5.72. The van der Waals surface area contributed by atoms with Crippen LogP contribution in [0.2, 0.25) is 0 Å². The van der Waals surface area contributed by atoms with Crippen LogP contribution >= 0.6 is 0 Å². The summed E-state index contributed by atoms with van der Waals surface area (Å²) < 4.78 is 0.